The maximum atomic E-state index is 11.2. The topological polar surface area (TPSA) is 113 Å². The molecule has 1 rings (SSSR count). The van der Waals surface area contributed by atoms with Crippen LogP contribution in [0, 0.1) is 6.92 Å². The molecule has 22 heavy (non-hydrogen) atoms. The zero-order valence-corrected chi connectivity index (χ0v) is 14.3. The lowest BCUT2D eigenvalue weighted by Crippen LogP contribution is -2.51. The molecule has 0 spiro atoms. The number of nitrogens with zero attached hydrogens (tertiary/aromatic N) is 1. The molecule has 0 fully saturated rings. The van der Waals surface area contributed by atoms with Gasteiger partial charge in [0.05, 0.1) is 12.4 Å². The van der Waals surface area contributed by atoms with Crippen molar-refractivity contribution in [3.05, 3.63) is 23.8 Å². The van der Waals surface area contributed by atoms with Crippen LogP contribution in [0.15, 0.2) is 18.2 Å². The summed E-state index contributed by atoms with van der Waals surface area (Å²) in [6.07, 6.45) is 0.882. The van der Waals surface area contributed by atoms with Crippen LogP contribution in [0.5, 0.6) is 0 Å². The number of rotatable bonds is 9. The normalized spacial score (nSPS) is 13.1. The van der Waals surface area contributed by atoms with Crippen molar-refractivity contribution in [3.8, 4) is 0 Å². The molecule has 1 aromatic carbocycles. The van der Waals surface area contributed by atoms with Crippen LogP contribution in [-0.4, -0.2) is 47.0 Å². The molecule has 0 saturated heterocycles. The first-order valence-electron chi connectivity index (χ1n) is 7.28. The zero-order chi connectivity index (χ0) is 16.8. The Morgan fingerprint density at radius 2 is 2.05 bits per heavy atom. The lowest BCUT2D eigenvalue weighted by atomic mass is 10.1. The van der Waals surface area contributed by atoms with Gasteiger partial charge in [-0.25, -0.2) is 13.1 Å². The van der Waals surface area contributed by atoms with E-state index in [1.807, 2.05) is 36.9 Å². The molecule has 0 amide bonds. The second kappa shape index (κ2) is 8.33. The molecule has 1 atom stereocenters. The van der Waals surface area contributed by atoms with Crippen LogP contribution in [-0.2, 0) is 10.0 Å². The van der Waals surface area contributed by atoms with Crippen molar-refractivity contribution in [1.29, 1.82) is 0 Å². The summed E-state index contributed by atoms with van der Waals surface area (Å²) in [4.78, 5) is 1.97. The summed E-state index contributed by atoms with van der Waals surface area (Å²) in [6.45, 7) is 6.14. The summed E-state index contributed by atoms with van der Waals surface area (Å²) in [6, 6.07) is 5.69. The zero-order valence-electron chi connectivity index (χ0n) is 13.5. The fourth-order valence-electron chi connectivity index (χ4n) is 2.08. The standard InChI is InChI=1S/C14H27N5O2S/c1-4-17-10-14(16)19(8-7-18-22(3,20)21)12-5-6-13(15)11(2)9-12/h5-6,9,14,17-18H,4,7-8,10,15-16H2,1-3H3. The van der Waals surface area contributed by atoms with Crippen LogP contribution in [0.2, 0.25) is 0 Å². The van der Waals surface area contributed by atoms with Crippen LogP contribution in [0.1, 0.15) is 12.5 Å². The van der Waals surface area contributed by atoms with Gasteiger partial charge in [-0.15, -0.1) is 0 Å². The average molecular weight is 329 g/mol. The van der Waals surface area contributed by atoms with Gasteiger partial charge >= 0.3 is 0 Å². The van der Waals surface area contributed by atoms with Gasteiger partial charge in [0.25, 0.3) is 0 Å². The third kappa shape index (κ3) is 6.18. The van der Waals surface area contributed by atoms with E-state index in [1.165, 1.54) is 0 Å². The summed E-state index contributed by atoms with van der Waals surface area (Å²) < 4.78 is 24.9. The molecule has 1 aromatic rings. The van der Waals surface area contributed by atoms with Crippen LogP contribution < -0.4 is 26.4 Å². The molecule has 0 aliphatic rings. The van der Waals surface area contributed by atoms with Crippen LogP contribution in [0.4, 0.5) is 11.4 Å². The van der Waals surface area contributed by atoms with E-state index >= 15 is 0 Å². The van der Waals surface area contributed by atoms with E-state index in [0.717, 1.165) is 29.7 Å². The largest absolute Gasteiger partial charge is 0.399 e. The van der Waals surface area contributed by atoms with Crippen molar-refractivity contribution in [2.75, 3.05) is 43.1 Å². The number of aryl methyl sites for hydroxylation is 1. The van der Waals surface area contributed by atoms with Crippen molar-refractivity contribution >= 4 is 21.4 Å². The molecule has 0 aliphatic heterocycles. The Balaban J connectivity index is 2.87. The second-order valence-electron chi connectivity index (χ2n) is 5.28. The maximum absolute atomic E-state index is 11.2. The highest BCUT2D eigenvalue weighted by Crippen LogP contribution is 2.21. The Morgan fingerprint density at radius 1 is 1.36 bits per heavy atom. The molecule has 0 aliphatic carbocycles. The number of nitrogens with one attached hydrogen (secondary N) is 2. The highest BCUT2D eigenvalue weighted by atomic mass is 32.2. The second-order valence-corrected chi connectivity index (χ2v) is 7.11. The van der Waals surface area contributed by atoms with E-state index in [-0.39, 0.29) is 6.17 Å². The molecule has 0 bridgehead atoms. The van der Waals surface area contributed by atoms with Gasteiger partial charge in [-0.1, -0.05) is 6.92 Å². The number of hydrogen-bond donors (Lipinski definition) is 4. The van der Waals surface area contributed by atoms with Gasteiger partial charge in [0, 0.05) is 31.0 Å². The molecule has 0 heterocycles. The van der Waals surface area contributed by atoms with Gasteiger partial charge < -0.3 is 21.7 Å². The van der Waals surface area contributed by atoms with Crippen molar-refractivity contribution in [1.82, 2.24) is 10.0 Å². The third-order valence-electron chi connectivity index (χ3n) is 3.31. The SMILES string of the molecule is CCNCC(N)N(CCNS(C)(=O)=O)c1ccc(N)c(C)c1. The van der Waals surface area contributed by atoms with Crippen molar-refractivity contribution in [2.45, 2.75) is 20.0 Å². The first-order chi connectivity index (χ1) is 10.2. The Bertz CT molecular complexity index is 577. The number of likely N-dealkylation sites (N-methyl/N-ethyl adjacent to an activating group) is 1. The number of hydrogen-bond acceptors (Lipinski definition) is 6. The lowest BCUT2D eigenvalue weighted by molar-refractivity contribution is 0.547. The van der Waals surface area contributed by atoms with Crippen molar-refractivity contribution < 1.29 is 8.42 Å². The Kier molecular flexibility index (Phi) is 7.08. The number of sulfonamides is 1. The molecule has 1 unspecified atom stereocenters. The lowest BCUT2D eigenvalue weighted by Gasteiger charge is -2.31. The smallest absolute Gasteiger partial charge is 0.208 e. The van der Waals surface area contributed by atoms with Crippen LogP contribution in [0.25, 0.3) is 0 Å². The molecular weight excluding hydrogens is 302 g/mol. The van der Waals surface area contributed by atoms with Crippen LogP contribution in [0.3, 0.4) is 0 Å². The van der Waals surface area contributed by atoms with Crippen LogP contribution >= 0.6 is 0 Å². The quantitative estimate of drug-likeness (QED) is 0.369. The number of benzene rings is 1. The summed E-state index contributed by atoms with van der Waals surface area (Å²) in [5.41, 5.74) is 14.7. The maximum Gasteiger partial charge on any atom is 0.208 e. The van der Waals surface area contributed by atoms with Gasteiger partial charge in [0.1, 0.15) is 0 Å². The molecule has 0 saturated carbocycles. The van der Waals surface area contributed by atoms with E-state index in [2.05, 4.69) is 10.0 Å². The Labute approximate surface area is 133 Å². The molecule has 6 N–H and O–H groups in total. The minimum absolute atomic E-state index is 0.260. The fraction of sp³-hybridized carbons (Fsp3) is 0.571. The van der Waals surface area contributed by atoms with E-state index in [4.69, 9.17) is 11.5 Å². The third-order valence-corrected chi connectivity index (χ3v) is 4.03. The highest BCUT2D eigenvalue weighted by Gasteiger charge is 2.15. The molecular formula is C14H27N5O2S. The first-order valence-corrected chi connectivity index (χ1v) is 9.17. The fourth-order valence-corrected chi connectivity index (χ4v) is 2.54. The first kappa shape index (κ1) is 18.7. The van der Waals surface area contributed by atoms with E-state index in [1.54, 1.807) is 0 Å². The molecule has 0 aromatic heterocycles. The monoisotopic (exact) mass is 329 g/mol. The summed E-state index contributed by atoms with van der Waals surface area (Å²) in [7, 11) is -3.21. The molecule has 7 nitrogen and oxygen atoms in total. The highest BCUT2D eigenvalue weighted by molar-refractivity contribution is 7.88. The molecule has 126 valence electrons. The van der Waals surface area contributed by atoms with Crippen molar-refractivity contribution in [3.63, 3.8) is 0 Å². The van der Waals surface area contributed by atoms with Gasteiger partial charge in [0.2, 0.25) is 10.0 Å². The Morgan fingerprint density at radius 3 is 2.59 bits per heavy atom. The minimum atomic E-state index is -3.21. The number of anilines is 2. The van der Waals surface area contributed by atoms with E-state index in [9.17, 15) is 8.42 Å². The van der Waals surface area contributed by atoms with Gasteiger partial charge in [-0.2, -0.15) is 0 Å². The van der Waals surface area contributed by atoms with Crippen molar-refractivity contribution in [2.24, 2.45) is 5.73 Å². The van der Waals surface area contributed by atoms with Gasteiger partial charge in [-0.05, 0) is 37.2 Å². The summed E-state index contributed by atoms with van der Waals surface area (Å²) in [5.74, 6) is 0. The van der Waals surface area contributed by atoms with Gasteiger partial charge in [0.15, 0.2) is 0 Å². The molecule has 8 heteroatoms. The number of nitrogen functional groups attached to an aromatic ring is 1. The predicted octanol–water partition coefficient (Wildman–Crippen LogP) is -0.173. The Hall–Kier alpha value is -1.35. The minimum Gasteiger partial charge on any atom is -0.399 e. The van der Waals surface area contributed by atoms with E-state index in [0.29, 0.717) is 19.6 Å². The summed E-state index contributed by atoms with van der Waals surface area (Å²) in [5, 5.41) is 3.20. The summed E-state index contributed by atoms with van der Waals surface area (Å²) >= 11 is 0. The van der Waals surface area contributed by atoms with Gasteiger partial charge in [-0.3, -0.25) is 0 Å². The number of nitrogens with two attached hydrogens (primary N) is 2. The average Bonchev–Trinajstić information content (AvgIpc) is 2.43. The van der Waals surface area contributed by atoms with E-state index < -0.39 is 10.0 Å². The predicted molar refractivity (Wildman–Crippen MR) is 92.3 cm³/mol. The molecule has 0 radical (unpaired) electrons.